The first-order chi connectivity index (χ1) is 21.7. The van der Waals surface area contributed by atoms with Crippen LogP contribution in [-0.2, 0) is 48.3 Å². The average Bonchev–Trinajstić information content (AvgIpc) is 3.46. The molecular formula is C34H44BrN3O6S. The summed E-state index contributed by atoms with van der Waals surface area (Å²) in [6.45, 7) is 9.36. The second kappa shape index (κ2) is 20.2. The molecule has 9 nitrogen and oxygen atoms in total. The van der Waals surface area contributed by atoms with Crippen LogP contribution in [0.1, 0.15) is 49.8 Å². The van der Waals surface area contributed by atoms with Crippen LogP contribution in [0.2, 0.25) is 0 Å². The van der Waals surface area contributed by atoms with Gasteiger partial charge in [0.1, 0.15) is 4.60 Å². The van der Waals surface area contributed by atoms with Crippen LogP contribution in [-0.4, -0.2) is 55.4 Å². The molecule has 0 amide bonds. The highest BCUT2D eigenvalue weighted by atomic mass is 79.9. The maximum atomic E-state index is 12.0. The summed E-state index contributed by atoms with van der Waals surface area (Å²) >= 11 is 3.27. The number of aryl methyl sites for hydroxylation is 2. The van der Waals surface area contributed by atoms with E-state index in [2.05, 4.69) is 45.2 Å². The van der Waals surface area contributed by atoms with Gasteiger partial charge in [0.05, 0.1) is 49.7 Å². The Kier molecular flexibility index (Phi) is 16.4. The zero-order valence-electron chi connectivity index (χ0n) is 26.3. The molecule has 0 aliphatic heterocycles. The topological polar surface area (TPSA) is 102 Å². The van der Waals surface area contributed by atoms with Gasteiger partial charge in [0.15, 0.2) is 0 Å². The lowest BCUT2D eigenvalue weighted by Gasteiger charge is -2.13. The van der Waals surface area contributed by atoms with Gasteiger partial charge in [0, 0.05) is 13.2 Å². The second-order valence-electron chi connectivity index (χ2n) is 10.6. The summed E-state index contributed by atoms with van der Waals surface area (Å²) in [5, 5.41) is 8.25. The lowest BCUT2D eigenvalue weighted by atomic mass is 10.2. The van der Waals surface area contributed by atoms with Crippen LogP contribution < -0.4 is 0 Å². The molecule has 0 N–H and O–H groups in total. The molecular weight excluding hydrogens is 658 g/mol. The van der Waals surface area contributed by atoms with Crippen LogP contribution in [0, 0.1) is 6.92 Å². The summed E-state index contributed by atoms with van der Waals surface area (Å²) in [4.78, 5) is 1.85. The van der Waals surface area contributed by atoms with Crippen molar-refractivity contribution in [3.05, 3.63) is 112 Å². The van der Waals surface area contributed by atoms with Gasteiger partial charge in [-0.15, -0.1) is 5.10 Å². The van der Waals surface area contributed by atoms with E-state index in [-0.39, 0.29) is 23.7 Å². The molecule has 0 aliphatic rings. The van der Waals surface area contributed by atoms with E-state index in [1.54, 1.807) is 35.3 Å². The van der Waals surface area contributed by atoms with Gasteiger partial charge in [0.2, 0.25) is 0 Å². The molecule has 0 spiro atoms. The molecule has 0 saturated carbocycles. The Labute approximate surface area is 276 Å². The van der Waals surface area contributed by atoms with E-state index in [1.165, 1.54) is 5.56 Å². The van der Waals surface area contributed by atoms with Gasteiger partial charge in [-0.05, 0) is 79.2 Å². The third-order valence-electron chi connectivity index (χ3n) is 6.65. The first-order valence-electron chi connectivity index (χ1n) is 15.1. The quantitative estimate of drug-likeness (QED) is 0.0797. The van der Waals surface area contributed by atoms with Crippen molar-refractivity contribution in [3.63, 3.8) is 0 Å². The summed E-state index contributed by atoms with van der Waals surface area (Å²) in [7, 11) is -3.70. The van der Waals surface area contributed by atoms with Gasteiger partial charge in [-0.2, -0.15) is 18.3 Å². The van der Waals surface area contributed by atoms with Crippen LogP contribution in [0.25, 0.3) is 0 Å². The first kappa shape index (κ1) is 36.5. The Bertz CT molecular complexity index is 1450. The molecule has 0 aliphatic carbocycles. The van der Waals surface area contributed by atoms with Crippen molar-refractivity contribution >= 4 is 26.0 Å². The number of hydrogen-bond acceptors (Lipinski definition) is 8. The number of nitrogens with zero attached hydrogens (tertiary/aromatic N) is 3. The molecule has 4 rings (SSSR count). The Hall–Kier alpha value is -2.93. The zero-order chi connectivity index (χ0) is 32.3. The van der Waals surface area contributed by atoms with E-state index in [1.807, 2.05) is 62.4 Å². The number of aromatic nitrogens is 3. The average molecular weight is 703 g/mol. The molecule has 1 aromatic heterocycles. The number of ether oxygens (including phenoxy) is 3. The van der Waals surface area contributed by atoms with Gasteiger partial charge < -0.3 is 14.2 Å². The third kappa shape index (κ3) is 15.3. The molecule has 45 heavy (non-hydrogen) atoms. The van der Waals surface area contributed by atoms with Crippen LogP contribution in [0.4, 0.5) is 0 Å². The monoisotopic (exact) mass is 701 g/mol. The highest BCUT2D eigenvalue weighted by Crippen LogP contribution is 2.14. The fraction of sp³-hybridized carbons (Fsp3) is 0.412. The summed E-state index contributed by atoms with van der Waals surface area (Å²) in [5.74, 6) is 0. The molecule has 244 valence electrons. The van der Waals surface area contributed by atoms with E-state index in [0.717, 1.165) is 35.1 Å². The predicted molar refractivity (Wildman–Crippen MR) is 178 cm³/mol. The fourth-order valence-corrected chi connectivity index (χ4v) is 5.13. The lowest BCUT2D eigenvalue weighted by molar-refractivity contribution is 0.0212. The SMILES string of the molecule is C[C@@H](CCOCCCn1ncc(Br)n1)OCc1ccccc1.Cc1ccc(S(=O)(=O)OCC[C@H](C)OCc2ccccc2)cc1. The molecule has 0 radical (unpaired) electrons. The molecule has 0 bridgehead atoms. The van der Waals surface area contributed by atoms with Gasteiger partial charge >= 0.3 is 0 Å². The Morgan fingerprint density at radius 2 is 1.33 bits per heavy atom. The van der Waals surface area contributed by atoms with Crippen molar-refractivity contribution in [2.75, 3.05) is 19.8 Å². The van der Waals surface area contributed by atoms with E-state index in [0.29, 0.717) is 32.8 Å². The van der Waals surface area contributed by atoms with Crippen LogP contribution in [0.15, 0.2) is 101 Å². The van der Waals surface area contributed by atoms with Crippen molar-refractivity contribution in [1.82, 2.24) is 15.0 Å². The highest BCUT2D eigenvalue weighted by Gasteiger charge is 2.15. The number of rotatable bonds is 18. The fourth-order valence-electron chi connectivity index (χ4n) is 3.93. The van der Waals surface area contributed by atoms with Gasteiger partial charge in [0.25, 0.3) is 10.1 Å². The maximum Gasteiger partial charge on any atom is 0.296 e. The molecule has 0 fully saturated rings. The normalized spacial score (nSPS) is 12.7. The number of halogens is 1. The molecule has 2 atom stereocenters. The largest absolute Gasteiger partial charge is 0.381 e. The molecule has 1 heterocycles. The summed E-state index contributed by atoms with van der Waals surface area (Å²) in [6.07, 6.45) is 4.12. The van der Waals surface area contributed by atoms with Gasteiger partial charge in [-0.1, -0.05) is 78.4 Å². The van der Waals surface area contributed by atoms with Crippen LogP contribution in [0.3, 0.4) is 0 Å². The lowest BCUT2D eigenvalue weighted by Crippen LogP contribution is -2.14. The second-order valence-corrected chi connectivity index (χ2v) is 13.0. The molecule has 0 saturated heterocycles. The maximum absolute atomic E-state index is 12.0. The predicted octanol–water partition coefficient (Wildman–Crippen LogP) is 7.14. The van der Waals surface area contributed by atoms with Crippen molar-refractivity contribution in [1.29, 1.82) is 0 Å². The molecule has 0 unspecified atom stereocenters. The smallest absolute Gasteiger partial charge is 0.296 e. The van der Waals surface area contributed by atoms with Gasteiger partial charge in [-0.25, -0.2) is 0 Å². The Morgan fingerprint density at radius 3 is 1.87 bits per heavy atom. The van der Waals surface area contributed by atoms with Crippen molar-refractivity contribution < 1.29 is 26.8 Å². The van der Waals surface area contributed by atoms with E-state index in [9.17, 15) is 8.42 Å². The highest BCUT2D eigenvalue weighted by molar-refractivity contribution is 9.10. The van der Waals surface area contributed by atoms with Crippen molar-refractivity contribution in [2.45, 2.75) is 76.9 Å². The van der Waals surface area contributed by atoms with E-state index < -0.39 is 10.1 Å². The standard InChI is InChI=1S/C18H22O4S.C16H22BrN3O2/c1-15-8-10-18(11-9-15)23(19,20)22-13-12-16(2)21-14-17-6-4-3-5-7-17;1-14(22-13-15-6-3-2-4-7-15)8-11-21-10-5-9-20-18-12-16(17)19-20/h3-11,16H,12-14H2,1-2H3;2-4,6-7,12,14H,5,8-11,13H2,1H3/t16-;14-/m00/s1. The minimum absolute atomic E-state index is 0.0802. The Morgan fingerprint density at radius 1 is 0.778 bits per heavy atom. The summed E-state index contributed by atoms with van der Waals surface area (Å²) in [5.41, 5.74) is 3.30. The Balaban J connectivity index is 0.000000246. The molecule has 11 heteroatoms. The molecule has 4 aromatic rings. The van der Waals surface area contributed by atoms with E-state index >= 15 is 0 Å². The van der Waals surface area contributed by atoms with Crippen molar-refractivity contribution in [2.24, 2.45) is 0 Å². The first-order valence-corrected chi connectivity index (χ1v) is 17.3. The zero-order valence-corrected chi connectivity index (χ0v) is 28.7. The van der Waals surface area contributed by atoms with Crippen molar-refractivity contribution in [3.8, 4) is 0 Å². The minimum atomic E-state index is -3.70. The summed E-state index contributed by atoms with van der Waals surface area (Å²) in [6, 6.07) is 26.7. The van der Waals surface area contributed by atoms with E-state index in [4.69, 9.17) is 18.4 Å². The third-order valence-corrected chi connectivity index (χ3v) is 8.34. The molecule has 3 aromatic carbocycles. The number of benzene rings is 3. The van der Waals surface area contributed by atoms with Gasteiger partial charge in [-0.3, -0.25) is 4.18 Å². The number of hydrogen-bond donors (Lipinski definition) is 0. The van der Waals surface area contributed by atoms with Crippen LogP contribution >= 0.6 is 15.9 Å². The summed E-state index contributed by atoms with van der Waals surface area (Å²) < 4.78 is 47.0. The van der Waals surface area contributed by atoms with Crippen LogP contribution in [0.5, 0.6) is 0 Å². The minimum Gasteiger partial charge on any atom is -0.381 e.